The fourth-order valence-electron chi connectivity index (χ4n) is 3.27. The number of hydrogen-bond donors (Lipinski definition) is 1. The van der Waals surface area contributed by atoms with Gasteiger partial charge < -0.3 is 10.1 Å². The molecule has 0 fully saturated rings. The van der Waals surface area contributed by atoms with E-state index >= 15 is 0 Å². The zero-order valence-corrected chi connectivity index (χ0v) is 19.4. The lowest BCUT2D eigenvalue weighted by Crippen LogP contribution is -2.14. The zero-order chi connectivity index (χ0) is 23.3. The number of carbonyl (C=O) groups is 1. The summed E-state index contributed by atoms with van der Waals surface area (Å²) in [5, 5.41) is 12.9. The highest BCUT2D eigenvalue weighted by molar-refractivity contribution is 6.30. The van der Waals surface area contributed by atoms with Crippen LogP contribution in [0.2, 0.25) is 5.02 Å². The van der Waals surface area contributed by atoms with Gasteiger partial charge in [-0.2, -0.15) is 5.26 Å². The lowest BCUT2D eigenvalue weighted by atomic mass is 10.1. The van der Waals surface area contributed by atoms with Gasteiger partial charge in [0, 0.05) is 16.3 Å². The Kier molecular flexibility index (Phi) is 7.35. The van der Waals surface area contributed by atoms with Gasteiger partial charge in [-0.1, -0.05) is 47.5 Å². The van der Waals surface area contributed by atoms with Crippen molar-refractivity contribution < 1.29 is 9.53 Å². The highest BCUT2D eigenvalue weighted by atomic mass is 35.5. The van der Waals surface area contributed by atoms with Crippen LogP contribution in [0.1, 0.15) is 33.4 Å². The third-order valence-corrected chi connectivity index (χ3v) is 5.47. The van der Waals surface area contributed by atoms with Crippen LogP contribution in [0.15, 0.2) is 60.2 Å². The van der Waals surface area contributed by atoms with Gasteiger partial charge in [-0.05, 0) is 80.3 Å². The Hall–Kier alpha value is -3.55. The first-order valence-corrected chi connectivity index (χ1v) is 10.6. The van der Waals surface area contributed by atoms with E-state index in [1.165, 1.54) is 17.2 Å². The van der Waals surface area contributed by atoms with E-state index in [-0.39, 0.29) is 5.57 Å². The lowest BCUT2D eigenvalue weighted by Gasteiger charge is -2.12. The van der Waals surface area contributed by atoms with Gasteiger partial charge in [-0.3, -0.25) is 4.79 Å². The summed E-state index contributed by atoms with van der Waals surface area (Å²) in [4.78, 5) is 12.8. The van der Waals surface area contributed by atoms with Crippen LogP contribution >= 0.6 is 11.6 Å². The van der Waals surface area contributed by atoms with E-state index < -0.39 is 5.91 Å². The number of nitrogens with zero attached hydrogens (tertiary/aromatic N) is 1. The van der Waals surface area contributed by atoms with E-state index in [0.717, 1.165) is 16.7 Å². The second-order valence-electron chi connectivity index (χ2n) is 7.83. The predicted molar refractivity (Wildman–Crippen MR) is 130 cm³/mol. The molecule has 0 atom stereocenters. The summed E-state index contributed by atoms with van der Waals surface area (Å²) in [6, 6.07) is 19.0. The highest BCUT2D eigenvalue weighted by Crippen LogP contribution is 2.27. The van der Waals surface area contributed by atoms with E-state index in [0.29, 0.717) is 28.6 Å². The van der Waals surface area contributed by atoms with Gasteiger partial charge in [0.25, 0.3) is 5.91 Å². The molecule has 0 aromatic heterocycles. The van der Waals surface area contributed by atoms with E-state index in [1.54, 1.807) is 18.2 Å². The summed E-state index contributed by atoms with van der Waals surface area (Å²) in [7, 11) is 0. The predicted octanol–water partition coefficient (Wildman–Crippen LogP) is 6.70. The Balaban J connectivity index is 1.84. The summed E-state index contributed by atoms with van der Waals surface area (Å²) in [6.07, 6.45) is 1.50. The first-order valence-electron chi connectivity index (χ1n) is 10.3. The molecule has 0 bridgehead atoms. The standard InChI is InChI=1S/C27H25ClN2O2/c1-17-5-9-25(20(4)11-17)30-27(31)23(15-29)13-22-14-24(28)8-10-26(22)32-16-21-7-6-18(2)19(3)12-21/h5-14H,16H2,1-4H3,(H,30,31)/b23-13+. The number of aryl methyl sites for hydroxylation is 4. The summed E-state index contributed by atoms with van der Waals surface area (Å²) < 4.78 is 6.00. The molecule has 0 heterocycles. The van der Waals surface area contributed by atoms with Crippen molar-refractivity contribution >= 4 is 29.3 Å². The van der Waals surface area contributed by atoms with Crippen molar-refractivity contribution in [2.24, 2.45) is 0 Å². The molecule has 3 rings (SSSR count). The maximum Gasteiger partial charge on any atom is 0.266 e. The van der Waals surface area contributed by atoms with Gasteiger partial charge in [0.15, 0.2) is 0 Å². The van der Waals surface area contributed by atoms with Crippen LogP contribution in [0.3, 0.4) is 0 Å². The molecule has 5 heteroatoms. The normalized spacial score (nSPS) is 11.1. The molecule has 0 radical (unpaired) electrons. The molecule has 0 aliphatic rings. The molecule has 0 spiro atoms. The fraction of sp³-hybridized carbons (Fsp3) is 0.185. The largest absolute Gasteiger partial charge is 0.488 e. The molecule has 0 saturated heterocycles. The van der Waals surface area contributed by atoms with Crippen LogP contribution in [0.5, 0.6) is 5.75 Å². The molecule has 32 heavy (non-hydrogen) atoms. The number of rotatable bonds is 6. The lowest BCUT2D eigenvalue weighted by molar-refractivity contribution is -0.112. The summed E-state index contributed by atoms with van der Waals surface area (Å²) in [6.45, 7) is 8.38. The van der Waals surface area contributed by atoms with Crippen LogP contribution in [-0.2, 0) is 11.4 Å². The van der Waals surface area contributed by atoms with Gasteiger partial charge in [-0.25, -0.2) is 0 Å². The van der Waals surface area contributed by atoms with Gasteiger partial charge in [0.05, 0.1) is 0 Å². The number of carbonyl (C=O) groups excluding carboxylic acids is 1. The van der Waals surface area contributed by atoms with E-state index in [1.807, 2.05) is 44.2 Å². The second kappa shape index (κ2) is 10.2. The topological polar surface area (TPSA) is 62.1 Å². The smallest absolute Gasteiger partial charge is 0.266 e. The van der Waals surface area contributed by atoms with Crippen molar-refractivity contribution in [3.05, 3.63) is 98.6 Å². The molecule has 1 N–H and O–H groups in total. The first kappa shape index (κ1) is 23.1. The Morgan fingerprint density at radius 3 is 2.47 bits per heavy atom. The first-order chi connectivity index (χ1) is 15.3. The molecule has 0 saturated carbocycles. The minimum atomic E-state index is -0.487. The van der Waals surface area contributed by atoms with Crippen molar-refractivity contribution in [3.63, 3.8) is 0 Å². The average molecular weight is 445 g/mol. The van der Waals surface area contributed by atoms with Crippen LogP contribution in [0.25, 0.3) is 6.08 Å². The molecular weight excluding hydrogens is 420 g/mol. The SMILES string of the molecule is Cc1ccc(NC(=O)/C(C#N)=C/c2cc(Cl)ccc2OCc2ccc(C)c(C)c2)c(C)c1. The van der Waals surface area contributed by atoms with Crippen LogP contribution < -0.4 is 10.1 Å². The van der Waals surface area contributed by atoms with Gasteiger partial charge in [-0.15, -0.1) is 0 Å². The molecule has 0 aliphatic carbocycles. The summed E-state index contributed by atoms with van der Waals surface area (Å²) in [5.41, 5.74) is 6.66. The number of anilines is 1. The number of nitriles is 1. The summed E-state index contributed by atoms with van der Waals surface area (Å²) in [5.74, 6) is 0.0548. The molecule has 0 aliphatic heterocycles. The maximum absolute atomic E-state index is 12.8. The third kappa shape index (κ3) is 5.78. The number of nitrogens with one attached hydrogen (secondary N) is 1. The number of halogens is 1. The monoisotopic (exact) mass is 444 g/mol. The molecule has 3 aromatic rings. The molecule has 4 nitrogen and oxygen atoms in total. The molecule has 3 aromatic carbocycles. The van der Waals surface area contributed by atoms with Crippen molar-refractivity contribution in [2.75, 3.05) is 5.32 Å². The van der Waals surface area contributed by atoms with Gasteiger partial charge >= 0.3 is 0 Å². The Morgan fingerprint density at radius 1 is 1.00 bits per heavy atom. The van der Waals surface area contributed by atoms with Crippen molar-refractivity contribution in [1.82, 2.24) is 0 Å². The highest BCUT2D eigenvalue weighted by Gasteiger charge is 2.13. The Labute approximate surface area is 194 Å². The van der Waals surface area contributed by atoms with Crippen LogP contribution in [0.4, 0.5) is 5.69 Å². The van der Waals surface area contributed by atoms with Crippen molar-refractivity contribution in [2.45, 2.75) is 34.3 Å². The van der Waals surface area contributed by atoms with Gasteiger partial charge in [0.1, 0.15) is 24.0 Å². The minimum absolute atomic E-state index is 0.0386. The van der Waals surface area contributed by atoms with Crippen LogP contribution in [-0.4, -0.2) is 5.91 Å². The number of benzene rings is 3. The fourth-order valence-corrected chi connectivity index (χ4v) is 3.45. The number of ether oxygens (including phenoxy) is 1. The molecule has 1 amide bonds. The van der Waals surface area contributed by atoms with Crippen molar-refractivity contribution in [1.29, 1.82) is 5.26 Å². The maximum atomic E-state index is 12.8. The number of hydrogen-bond acceptors (Lipinski definition) is 3. The molecule has 0 unspecified atom stereocenters. The van der Waals surface area contributed by atoms with Crippen molar-refractivity contribution in [3.8, 4) is 11.8 Å². The van der Waals surface area contributed by atoms with Gasteiger partial charge in [0.2, 0.25) is 0 Å². The average Bonchev–Trinajstić information content (AvgIpc) is 2.75. The zero-order valence-electron chi connectivity index (χ0n) is 18.6. The second-order valence-corrected chi connectivity index (χ2v) is 8.27. The van der Waals surface area contributed by atoms with E-state index in [2.05, 4.69) is 31.3 Å². The quantitative estimate of drug-likeness (QED) is 0.340. The number of amides is 1. The Bertz CT molecular complexity index is 1240. The third-order valence-electron chi connectivity index (χ3n) is 5.23. The van der Waals surface area contributed by atoms with Crippen LogP contribution in [0, 0.1) is 39.0 Å². The molecule has 162 valence electrons. The van der Waals surface area contributed by atoms with E-state index in [4.69, 9.17) is 16.3 Å². The minimum Gasteiger partial charge on any atom is -0.488 e. The molecular formula is C27H25ClN2O2. The summed E-state index contributed by atoms with van der Waals surface area (Å²) >= 11 is 6.18. The Morgan fingerprint density at radius 2 is 1.78 bits per heavy atom. The van der Waals surface area contributed by atoms with E-state index in [9.17, 15) is 10.1 Å².